The lowest BCUT2D eigenvalue weighted by molar-refractivity contribution is -0.127. The Bertz CT molecular complexity index is 1410. The molecule has 2 N–H and O–H groups in total. The fourth-order valence-electron chi connectivity index (χ4n) is 6.07. The van der Waals surface area contributed by atoms with Gasteiger partial charge in [-0.25, -0.2) is 21.9 Å². The maximum Gasteiger partial charge on any atom is 0.243 e. The molecule has 1 fully saturated rings. The molecule has 206 valence electrons. The Morgan fingerprint density at radius 2 is 1.59 bits per heavy atom. The third kappa shape index (κ3) is 6.56. The number of aryl methyl sites for hydroxylation is 1. The molecule has 1 saturated carbocycles. The lowest BCUT2D eigenvalue weighted by atomic mass is 9.75. The van der Waals surface area contributed by atoms with Crippen LogP contribution in [-0.4, -0.2) is 26.9 Å². The van der Waals surface area contributed by atoms with Gasteiger partial charge in [0, 0.05) is 24.4 Å². The van der Waals surface area contributed by atoms with Gasteiger partial charge in [-0.2, -0.15) is 0 Å². The minimum absolute atomic E-state index is 0.0361. The van der Waals surface area contributed by atoms with Gasteiger partial charge in [0.15, 0.2) is 0 Å². The number of sulfonamides is 1. The topological polar surface area (TPSA) is 75.3 Å². The SMILES string of the molecule is O=C(NC1CCc2cc(F)ccc2C1Cc1ccccc1)C1CCC(CNS(=O)(=O)c2ccccc2F)CC1. The van der Waals surface area contributed by atoms with E-state index in [4.69, 9.17) is 0 Å². The molecule has 2 aliphatic rings. The van der Waals surface area contributed by atoms with Gasteiger partial charge in [0.25, 0.3) is 0 Å². The van der Waals surface area contributed by atoms with Gasteiger partial charge < -0.3 is 5.32 Å². The number of carbonyl (C=O) groups is 1. The summed E-state index contributed by atoms with van der Waals surface area (Å²) in [6.45, 7) is 0.222. The summed E-state index contributed by atoms with van der Waals surface area (Å²) in [4.78, 5) is 13.0. The molecule has 5 rings (SSSR count). The quantitative estimate of drug-likeness (QED) is 0.387. The second-order valence-electron chi connectivity index (χ2n) is 10.8. The second-order valence-corrected chi connectivity index (χ2v) is 12.5. The normalized spacial score (nSPS) is 23.1. The van der Waals surface area contributed by atoms with Crippen LogP contribution >= 0.6 is 0 Å². The number of nitrogens with one attached hydrogen (secondary N) is 2. The van der Waals surface area contributed by atoms with Crippen molar-refractivity contribution in [2.45, 2.75) is 61.8 Å². The molecule has 2 unspecified atom stereocenters. The monoisotopic (exact) mass is 552 g/mol. The summed E-state index contributed by atoms with van der Waals surface area (Å²) >= 11 is 0. The Labute approximate surface area is 229 Å². The van der Waals surface area contributed by atoms with Crippen molar-refractivity contribution in [1.29, 1.82) is 0 Å². The van der Waals surface area contributed by atoms with Crippen molar-refractivity contribution >= 4 is 15.9 Å². The first-order valence-corrected chi connectivity index (χ1v) is 15.2. The van der Waals surface area contributed by atoms with Crippen molar-refractivity contribution in [3.63, 3.8) is 0 Å². The summed E-state index contributed by atoms with van der Waals surface area (Å²) in [5, 5.41) is 3.33. The van der Waals surface area contributed by atoms with Gasteiger partial charge in [0.2, 0.25) is 15.9 Å². The van der Waals surface area contributed by atoms with Crippen molar-refractivity contribution in [2.75, 3.05) is 6.54 Å². The zero-order chi connectivity index (χ0) is 27.4. The highest BCUT2D eigenvalue weighted by Gasteiger charge is 2.34. The predicted molar refractivity (Wildman–Crippen MR) is 147 cm³/mol. The second kappa shape index (κ2) is 12.0. The van der Waals surface area contributed by atoms with Gasteiger partial charge >= 0.3 is 0 Å². The van der Waals surface area contributed by atoms with Crippen LogP contribution in [0.2, 0.25) is 0 Å². The van der Waals surface area contributed by atoms with Crippen molar-refractivity contribution in [2.24, 2.45) is 11.8 Å². The molecule has 2 aliphatic carbocycles. The Morgan fingerprint density at radius 1 is 0.872 bits per heavy atom. The Kier molecular flexibility index (Phi) is 8.43. The van der Waals surface area contributed by atoms with Gasteiger partial charge in [0.05, 0.1) is 0 Å². The Hall–Kier alpha value is -3.10. The molecule has 0 bridgehead atoms. The Morgan fingerprint density at radius 3 is 2.33 bits per heavy atom. The van der Waals surface area contributed by atoms with E-state index in [1.165, 1.54) is 29.8 Å². The summed E-state index contributed by atoms with van der Waals surface area (Å²) in [5.41, 5.74) is 3.29. The molecule has 0 radical (unpaired) electrons. The molecule has 5 nitrogen and oxygen atoms in total. The van der Waals surface area contributed by atoms with E-state index in [1.807, 2.05) is 24.3 Å². The summed E-state index contributed by atoms with van der Waals surface area (Å²) in [5.74, 6) is -0.942. The first kappa shape index (κ1) is 27.5. The molecule has 39 heavy (non-hydrogen) atoms. The number of halogens is 2. The largest absolute Gasteiger partial charge is 0.352 e. The average molecular weight is 553 g/mol. The van der Waals surface area contributed by atoms with Gasteiger partial charge in [-0.3, -0.25) is 4.79 Å². The highest BCUT2D eigenvalue weighted by atomic mass is 32.2. The molecule has 0 aromatic heterocycles. The molecule has 3 aromatic rings. The summed E-state index contributed by atoms with van der Waals surface area (Å²) in [7, 11) is -3.93. The van der Waals surface area contributed by atoms with Crippen LogP contribution in [-0.2, 0) is 27.7 Å². The van der Waals surface area contributed by atoms with E-state index >= 15 is 0 Å². The summed E-state index contributed by atoms with van der Waals surface area (Å²) < 4.78 is 55.5. The van der Waals surface area contributed by atoms with Gasteiger partial charge in [-0.05, 0) is 91.8 Å². The predicted octanol–water partition coefficient (Wildman–Crippen LogP) is 5.51. The molecule has 1 amide bonds. The number of amides is 1. The van der Waals surface area contributed by atoms with Crippen LogP contribution in [0.25, 0.3) is 0 Å². The van der Waals surface area contributed by atoms with Crippen LogP contribution in [0.3, 0.4) is 0 Å². The average Bonchev–Trinajstić information content (AvgIpc) is 2.94. The Balaban J connectivity index is 1.19. The molecule has 0 aliphatic heterocycles. The third-order valence-electron chi connectivity index (χ3n) is 8.25. The van der Waals surface area contributed by atoms with Gasteiger partial charge in [0.1, 0.15) is 16.5 Å². The van der Waals surface area contributed by atoms with Crippen LogP contribution in [0, 0.1) is 23.5 Å². The number of hydrogen-bond donors (Lipinski definition) is 2. The van der Waals surface area contributed by atoms with Crippen molar-refractivity contribution < 1.29 is 22.0 Å². The minimum Gasteiger partial charge on any atom is -0.352 e. The van der Waals surface area contributed by atoms with Crippen LogP contribution in [0.4, 0.5) is 8.78 Å². The molecule has 0 saturated heterocycles. The minimum atomic E-state index is -3.93. The van der Waals surface area contributed by atoms with E-state index in [0.29, 0.717) is 12.8 Å². The first-order valence-electron chi connectivity index (χ1n) is 13.7. The highest BCUT2D eigenvalue weighted by molar-refractivity contribution is 7.89. The van der Waals surface area contributed by atoms with Crippen molar-refractivity contribution in [1.82, 2.24) is 10.0 Å². The molecular weight excluding hydrogens is 518 g/mol. The maximum absolute atomic E-state index is 14.0. The van der Waals surface area contributed by atoms with Crippen LogP contribution in [0.5, 0.6) is 0 Å². The molecule has 2 atom stereocenters. The molecule has 0 spiro atoms. The fraction of sp³-hybridized carbons (Fsp3) is 0.387. The summed E-state index contributed by atoms with van der Waals surface area (Å²) in [6, 6.07) is 20.4. The molecule has 0 heterocycles. The van der Waals surface area contributed by atoms with E-state index in [-0.39, 0.29) is 47.0 Å². The number of carbonyl (C=O) groups excluding carboxylic acids is 1. The van der Waals surface area contributed by atoms with E-state index < -0.39 is 15.8 Å². The third-order valence-corrected chi connectivity index (χ3v) is 9.70. The highest BCUT2D eigenvalue weighted by Crippen LogP contribution is 2.36. The lowest BCUT2D eigenvalue weighted by Crippen LogP contribution is -2.46. The van der Waals surface area contributed by atoms with Crippen LogP contribution in [0.1, 0.15) is 54.7 Å². The molecular formula is C31H34F2N2O3S. The smallest absolute Gasteiger partial charge is 0.243 e. The van der Waals surface area contributed by atoms with E-state index in [9.17, 15) is 22.0 Å². The number of hydrogen-bond acceptors (Lipinski definition) is 3. The first-order chi connectivity index (χ1) is 18.8. The summed E-state index contributed by atoms with van der Waals surface area (Å²) in [6.07, 6.45) is 5.03. The van der Waals surface area contributed by atoms with E-state index in [1.54, 1.807) is 6.07 Å². The van der Waals surface area contributed by atoms with Gasteiger partial charge in [-0.15, -0.1) is 0 Å². The number of benzene rings is 3. The molecule has 8 heteroatoms. The fourth-order valence-corrected chi connectivity index (χ4v) is 7.26. The molecule has 3 aromatic carbocycles. The van der Waals surface area contributed by atoms with Crippen LogP contribution in [0.15, 0.2) is 77.7 Å². The maximum atomic E-state index is 14.0. The van der Waals surface area contributed by atoms with Crippen molar-refractivity contribution in [3.05, 3.63) is 101 Å². The number of rotatable bonds is 8. The van der Waals surface area contributed by atoms with Crippen LogP contribution < -0.4 is 10.0 Å². The zero-order valence-electron chi connectivity index (χ0n) is 21.8. The van der Waals surface area contributed by atoms with Crippen molar-refractivity contribution in [3.8, 4) is 0 Å². The number of fused-ring (bicyclic) bond motifs is 1. The van der Waals surface area contributed by atoms with E-state index in [0.717, 1.165) is 49.3 Å². The lowest BCUT2D eigenvalue weighted by Gasteiger charge is -2.36. The standard InChI is InChI=1S/C31H34F2N2O3S/c32-25-15-16-26-24(19-25)14-17-29(27(26)18-21-6-2-1-3-7-21)35-31(36)23-12-10-22(11-13-23)20-34-39(37,38)30-9-5-4-8-28(30)33/h1-9,15-16,19,22-23,27,29,34H,10-14,17-18,20H2,(H,35,36). The zero-order valence-corrected chi connectivity index (χ0v) is 22.6. The van der Waals surface area contributed by atoms with E-state index in [2.05, 4.69) is 22.2 Å². The van der Waals surface area contributed by atoms with Gasteiger partial charge in [-0.1, -0.05) is 48.5 Å².